The zero-order valence-electron chi connectivity index (χ0n) is 7.33. The van der Waals surface area contributed by atoms with Crippen molar-refractivity contribution in [2.24, 2.45) is 0 Å². The van der Waals surface area contributed by atoms with Crippen molar-refractivity contribution in [3.63, 3.8) is 0 Å². The number of hydrogen-bond acceptors (Lipinski definition) is 5. The molecule has 5 heteroatoms. The van der Waals surface area contributed by atoms with Crippen molar-refractivity contribution in [2.75, 3.05) is 0 Å². The molecule has 0 fully saturated rings. The molecule has 13 heavy (non-hydrogen) atoms. The average molecular weight is 196 g/mol. The van der Waals surface area contributed by atoms with Gasteiger partial charge in [-0.25, -0.2) is 4.98 Å². The molecule has 0 saturated carbocycles. The quantitative estimate of drug-likeness (QED) is 0.676. The summed E-state index contributed by atoms with van der Waals surface area (Å²) in [6.45, 7) is 3.55. The number of nitriles is 1. The van der Waals surface area contributed by atoms with E-state index in [4.69, 9.17) is 9.68 Å². The Balaban J connectivity index is 2.99. The summed E-state index contributed by atoms with van der Waals surface area (Å²) in [7, 11) is 0. The fraction of sp³-hybridized carbons (Fsp3) is 0.375. The van der Waals surface area contributed by atoms with Crippen molar-refractivity contribution in [1.82, 2.24) is 4.98 Å². The Kier molecular flexibility index (Phi) is 3.09. The van der Waals surface area contributed by atoms with Gasteiger partial charge in [0.2, 0.25) is 5.76 Å². The number of rotatable bonds is 2. The molecule has 0 aromatic carbocycles. The smallest absolute Gasteiger partial charge is 0.270 e. The lowest BCUT2D eigenvalue weighted by Gasteiger charge is -1.90. The van der Waals surface area contributed by atoms with Crippen LogP contribution < -0.4 is 0 Å². The fourth-order valence-electron chi connectivity index (χ4n) is 0.957. The zero-order valence-corrected chi connectivity index (χ0v) is 8.14. The van der Waals surface area contributed by atoms with E-state index in [9.17, 15) is 4.79 Å². The molecule has 1 aromatic heterocycles. The highest BCUT2D eigenvalue weighted by molar-refractivity contribution is 8.18. The number of thiocyanates is 1. The van der Waals surface area contributed by atoms with E-state index in [1.165, 1.54) is 0 Å². The molecule has 1 aromatic rings. The summed E-state index contributed by atoms with van der Waals surface area (Å²) in [4.78, 5) is 15.3. The van der Waals surface area contributed by atoms with Crippen LogP contribution in [0.3, 0.4) is 0 Å². The van der Waals surface area contributed by atoms with Crippen LogP contribution in [-0.2, 0) is 6.42 Å². The van der Waals surface area contributed by atoms with E-state index < -0.39 is 0 Å². The number of carbonyl (C=O) groups excluding carboxylic acids is 1. The monoisotopic (exact) mass is 196 g/mol. The van der Waals surface area contributed by atoms with Crippen LogP contribution >= 0.6 is 11.8 Å². The van der Waals surface area contributed by atoms with E-state index in [2.05, 4.69) is 4.98 Å². The second-order valence-corrected chi connectivity index (χ2v) is 3.10. The summed E-state index contributed by atoms with van der Waals surface area (Å²) in [5.74, 6) is 0.658. The lowest BCUT2D eigenvalue weighted by Crippen LogP contribution is -1.94. The summed E-state index contributed by atoms with van der Waals surface area (Å²) in [5, 5.41) is 9.63. The van der Waals surface area contributed by atoms with Gasteiger partial charge in [-0.15, -0.1) is 0 Å². The van der Waals surface area contributed by atoms with Crippen molar-refractivity contribution in [2.45, 2.75) is 20.3 Å². The molecule has 0 saturated heterocycles. The SMILES string of the molecule is CCc1nc(C)oc1C(=O)SC#N. The third-order valence-corrected chi connectivity index (χ3v) is 1.92. The summed E-state index contributed by atoms with van der Waals surface area (Å²) < 4.78 is 5.09. The molecule has 0 bridgehead atoms. The molecule has 0 unspecified atom stereocenters. The van der Waals surface area contributed by atoms with Crippen LogP contribution in [0.25, 0.3) is 0 Å². The van der Waals surface area contributed by atoms with Crippen molar-refractivity contribution in [3.05, 3.63) is 17.3 Å². The molecule has 0 aliphatic carbocycles. The Morgan fingerprint density at radius 3 is 3.00 bits per heavy atom. The van der Waals surface area contributed by atoms with E-state index >= 15 is 0 Å². The number of nitrogens with zero attached hydrogens (tertiary/aromatic N) is 2. The van der Waals surface area contributed by atoms with E-state index in [1.54, 1.807) is 12.3 Å². The number of hydrogen-bond donors (Lipinski definition) is 0. The number of aryl methyl sites for hydroxylation is 2. The largest absolute Gasteiger partial charge is 0.437 e. The lowest BCUT2D eigenvalue weighted by atomic mass is 10.3. The molecule has 0 radical (unpaired) electrons. The molecule has 68 valence electrons. The third-order valence-electron chi connectivity index (χ3n) is 1.46. The third kappa shape index (κ3) is 2.10. The Labute approximate surface area is 79.9 Å². The average Bonchev–Trinajstić information content (AvgIpc) is 2.47. The molecule has 1 heterocycles. The van der Waals surface area contributed by atoms with Gasteiger partial charge in [0.25, 0.3) is 5.12 Å². The highest BCUT2D eigenvalue weighted by Crippen LogP contribution is 2.17. The normalized spacial score (nSPS) is 9.62. The van der Waals surface area contributed by atoms with Crippen LogP contribution in [0.2, 0.25) is 0 Å². The van der Waals surface area contributed by atoms with Crippen molar-refractivity contribution in [3.8, 4) is 5.40 Å². The second kappa shape index (κ2) is 4.10. The van der Waals surface area contributed by atoms with Gasteiger partial charge in [-0.1, -0.05) is 6.92 Å². The van der Waals surface area contributed by atoms with Gasteiger partial charge >= 0.3 is 0 Å². The highest BCUT2D eigenvalue weighted by Gasteiger charge is 2.17. The van der Waals surface area contributed by atoms with Crippen LogP contribution in [0.5, 0.6) is 0 Å². The molecule has 0 spiro atoms. The van der Waals surface area contributed by atoms with Crippen LogP contribution in [-0.4, -0.2) is 10.1 Å². The van der Waals surface area contributed by atoms with Gasteiger partial charge in [0.1, 0.15) is 5.40 Å². The highest BCUT2D eigenvalue weighted by atomic mass is 32.2. The Morgan fingerprint density at radius 1 is 1.77 bits per heavy atom. The molecule has 0 amide bonds. The van der Waals surface area contributed by atoms with Gasteiger partial charge in [0.15, 0.2) is 5.89 Å². The molecular weight excluding hydrogens is 188 g/mol. The summed E-state index contributed by atoms with van der Waals surface area (Å²) in [6.07, 6.45) is 0.629. The van der Waals surface area contributed by atoms with Gasteiger partial charge in [-0.3, -0.25) is 4.79 Å². The summed E-state index contributed by atoms with van der Waals surface area (Å²) in [5.41, 5.74) is 0.616. The topological polar surface area (TPSA) is 66.9 Å². The van der Waals surface area contributed by atoms with E-state index in [1.807, 2.05) is 6.92 Å². The van der Waals surface area contributed by atoms with Crippen molar-refractivity contribution < 1.29 is 9.21 Å². The van der Waals surface area contributed by atoms with Gasteiger partial charge in [-0.05, 0) is 6.42 Å². The van der Waals surface area contributed by atoms with Gasteiger partial charge in [-0.2, -0.15) is 5.26 Å². The van der Waals surface area contributed by atoms with E-state index in [0.29, 0.717) is 29.8 Å². The zero-order chi connectivity index (χ0) is 9.84. The first-order valence-electron chi connectivity index (χ1n) is 3.75. The molecule has 0 N–H and O–H groups in total. The lowest BCUT2D eigenvalue weighted by molar-refractivity contribution is 0.106. The van der Waals surface area contributed by atoms with Gasteiger partial charge in [0.05, 0.1) is 5.69 Å². The van der Waals surface area contributed by atoms with Gasteiger partial charge < -0.3 is 4.42 Å². The molecule has 4 nitrogen and oxygen atoms in total. The first kappa shape index (κ1) is 9.81. The predicted octanol–water partition coefficient (Wildman–Crippen LogP) is 1.90. The Hall–Kier alpha value is -1.28. The van der Waals surface area contributed by atoms with Gasteiger partial charge in [0, 0.05) is 18.7 Å². The maximum atomic E-state index is 11.2. The van der Waals surface area contributed by atoms with Crippen LogP contribution in [0.15, 0.2) is 4.42 Å². The first-order chi connectivity index (χ1) is 6.19. The first-order valence-corrected chi connectivity index (χ1v) is 4.57. The Bertz CT molecular complexity index is 365. The number of aromatic nitrogens is 1. The minimum absolute atomic E-state index is 0.201. The molecule has 0 aliphatic heterocycles. The Morgan fingerprint density at radius 2 is 2.46 bits per heavy atom. The summed E-state index contributed by atoms with van der Waals surface area (Å²) in [6, 6.07) is 0. The maximum Gasteiger partial charge on any atom is 0.270 e. The second-order valence-electron chi connectivity index (χ2n) is 2.34. The molecular formula is C8H8N2O2S. The number of carbonyl (C=O) groups is 1. The molecule has 1 rings (SSSR count). The van der Waals surface area contributed by atoms with E-state index in [0.717, 1.165) is 0 Å². The minimum atomic E-state index is -0.375. The van der Waals surface area contributed by atoms with Crippen molar-refractivity contribution >= 4 is 16.9 Å². The van der Waals surface area contributed by atoms with Crippen molar-refractivity contribution in [1.29, 1.82) is 5.26 Å². The minimum Gasteiger partial charge on any atom is -0.437 e. The maximum absolute atomic E-state index is 11.2. The van der Waals surface area contributed by atoms with E-state index in [-0.39, 0.29) is 10.9 Å². The summed E-state index contributed by atoms with van der Waals surface area (Å²) >= 11 is 0.560. The molecule has 0 aliphatic rings. The number of oxazole rings is 1. The van der Waals surface area contributed by atoms with Crippen LogP contribution in [0.4, 0.5) is 0 Å². The predicted molar refractivity (Wildman–Crippen MR) is 48.2 cm³/mol. The van der Waals surface area contributed by atoms with Crippen LogP contribution in [0.1, 0.15) is 29.1 Å². The fourth-order valence-corrected chi connectivity index (χ4v) is 1.29. The van der Waals surface area contributed by atoms with Crippen LogP contribution in [0, 0.1) is 17.6 Å². The standard InChI is InChI=1S/C8H8N2O2S/c1-3-6-7(8(11)13-4-9)12-5(2)10-6/h3H2,1-2H3. The molecule has 0 atom stereocenters. The number of thioether (sulfide) groups is 1.